The average molecular weight is 276 g/mol. The van der Waals surface area contributed by atoms with Crippen molar-refractivity contribution in [2.45, 2.75) is 37.9 Å². The van der Waals surface area contributed by atoms with Crippen molar-refractivity contribution in [3.8, 4) is 23.6 Å². The Morgan fingerprint density at radius 3 is 1.60 bits per heavy atom. The van der Waals surface area contributed by atoms with E-state index < -0.39 is 22.8 Å². The third-order valence-electron chi connectivity index (χ3n) is 3.70. The minimum Gasteiger partial charge on any atom is -0.481 e. The number of halogens is 2. The molecule has 1 heterocycles. The molecule has 3 rings (SSSR count). The first-order valence-electron chi connectivity index (χ1n) is 6.35. The Kier molecular flexibility index (Phi) is 2.94. The fourth-order valence-electron chi connectivity index (χ4n) is 2.71. The molecule has 1 fully saturated rings. The number of hydrogen-bond donors (Lipinski definition) is 0. The van der Waals surface area contributed by atoms with E-state index in [1.54, 1.807) is 12.1 Å². The Balaban J connectivity index is 2.20. The van der Waals surface area contributed by atoms with Crippen LogP contribution in [0.15, 0.2) is 0 Å². The summed E-state index contributed by atoms with van der Waals surface area (Å²) in [7, 11) is 0. The van der Waals surface area contributed by atoms with Gasteiger partial charge in [-0.3, -0.25) is 0 Å². The lowest BCUT2D eigenvalue weighted by Gasteiger charge is -2.37. The van der Waals surface area contributed by atoms with Crippen molar-refractivity contribution in [1.29, 1.82) is 10.5 Å². The second-order valence-corrected chi connectivity index (χ2v) is 4.86. The van der Waals surface area contributed by atoms with Gasteiger partial charge in [-0.1, -0.05) is 0 Å². The number of rotatable bonds is 0. The van der Waals surface area contributed by atoms with Crippen LogP contribution in [0.3, 0.4) is 0 Å². The molecule has 1 aromatic rings. The lowest BCUT2D eigenvalue weighted by Crippen LogP contribution is -2.42. The zero-order valence-electron chi connectivity index (χ0n) is 10.4. The van der Waals surface area contributed by atoms with Gasteiger partial charge in [0.15, 0.2) is 23.1 Å². The highest BCUT2D eigenvalue weighted by Gasteiger charge is 2.39. The van der Waals surface area contributed by atoms with Crippen molar-refractivity contribution in [1.82, 2.24) is 0 Å². The lowest BCUT2D eigenvalue weighted by molar-refractivity contribution is -0.00726. The van der Waals surface area contributed by atoms with Gasteiger partial charge >= 0.3 is 0 Å². The SMILES string of the molecule is N#Cc1c(F)c(F)c(C#N)c2c1O[C@H]1CCCC[C@@H]1O2. The van der Waals surface area contributed by atoms with Crippen LogP contribution in [0.1, 0.15) is 36.8 Å². The van der Waals surface area contributed by atoms with E-state index in [0.717, 1.165) is 25.7 Å². The summed E-state index contributed by atoms with van der Waals surface area (Å²) in [5, 5.41) is 18.0. The molecular formula is C14H10F2N2O2. The van der Waals surface area contributed by atoms with Gasteiger partial charge in [0.25, 0.3) is 0 Å². The molecule has 0 N–H and O–H groups in total. The van der Waals surface area contributed by atoms with Crippen LogP contribution < -0.4 is 9.47 Å². The van der Waals surface area contributed by atoms with Gasteiger partial charge in [0, 0.05) is 0 Å². The first kappa shape index (κ1) is 12.7. The molecule has 1 aliphatic carbocycles. The van der Waals surface area contributed by atoms with E-state index in [2.05, 4.69) is 0 Å². The van der Waals surface area contributed by atoms with Crippen molar-refractivity contribution < 1.29 is 18.3 Å². The van der Waals surface area contributed by atoms with Crippen LogP contribution in [-0.4, -0.2) is 12.2 Å². The van der Waals surface area contributed by atoms with E-state index in [4.69, 9.17) is 20.0 Å². The highest BCUT2D eigenvalue weighted by molar-refractivity contribution is 5.62. The number of nitrogens with zero attached hydrogens (tertiary/aromatic N) is 2. The van der Waals surface area contributed by atoms with E-state index >= 15 is 0 Å². The van der Waals surface area contributed by atoms with Gasteiger partial charge in [-0.2, -0.15) is 10.5 Å². The molecule has 1 aromatic carbocycles. The van der Waals surface area contributed by atoms with Gasteiger partial charge in [-0.05, 0) is 25.7 Å². The second kappa shape index (κ2) is 4.64. The maximum absolute atomic E-state index is 13.8. The van der Waals surface area contributed by atoms with Gasteiger partial charge in [0.1, 0.15) is 35.5 Å². The van der Waals surface area contributed by atoms with Gasteiger partial charge in [0.2, 0.25) is 0 Å². The van der Waals surface area contributed by atoms with Crippen LogP contribution in [0.4, 0.5) is 8.78 Å². The minimum absolute atomic E-state index is 0.147. The number of ether oxygens (including phenoxy) is 2. The van der Waals surface area contributed by atoms with Crippen molar-refractivity contribution >= 4 is 0 Å². The first-order chi connectivity index (χ1) is 9.67. The molecule has 0 spiro atoms. The predicted molar refractivity (Wildman–Crippen MR) is 63.1 cm³/mol. The fraction of sp³-hybridized carbons (Fsp3) is 0.429. The van der Waals surface area contributed by atoms with Crippen LogP contribution in [0.2, 0.25) is 0 Å². The smallest absolute Gasteiger partial charge is 0.184 e. The summed E-state index contributed by atoms with van der Waals surface area (Å²) in [5.74, 6) is -3.02. The number of benzene rings is 1. The minimum atomic E-state index is -1.36. The normalized spacial score (nSPS) is 23.4. The highest BCUT2D eigenvalue weighted by atomic mass is 19.2. The average Bonchev–Trinajstić information content (AvgIpc) is 2.47. The monoisotopic (exact) mass is 276 g/mol. The molecule has 0 aromatic heterocycles. The molecule has 0 amide bonds. The van der Waals surface area contributed by atoms with Crippen molar-refractivity contribution in [2.24, 2.45) is 0 Å². The zero-order chi connectivity index (χ0) is 14.3. The van der Waals surface area contributed by atoms with Crippen molar-refractivity contribution in [3.05, 3.63) is 22.8 Å². The maximum atomic E-state index is 13.8. The summed E-state index contributed by atoms with van der Waals surface area (Å²) in [4.78, 5) is 0. The third-order valence-corrected chi connectivity index (χ3v) is 3.70. The molecule has 0 saturated heterocycles. The molecule has 20 heavy (non-hydrogen) atoms. The quantitative estimate of drug-likeness (QED) is 0.730. The highest BCUT2D eigenvalue weighted by Crippen LogP contribution is 2.45. The summed E-state index contributed by atoms with van der Waals surface area (Å²) in [6.07, 6.45) is 2.82. The van der Waals surface area contributed by atoms with Crippen LogP contribution in [-0.2, 0) is 0 Å². The topological polar surface area (TPSA) is 66.0 Å². The molecule has 102 valence electrons. The Bertz CT molecular complexity index is 604. The fourth-order valence-corrected chi connectivity index (χ4v) is 2.71. The number of hydrogen-bond acceptors (Lipinski definition) is 4. The molecule has 6 heteroatoms. The largest absolute Gasteiger partial charge is 0.481 e. The molecule has 2 aliphatic rings. The van der Waals surface area contributed by atoms with Crippen molar-refractivity contribution in [2.75, 3.05) is 0 Å². The summed E-state index contributed by atoms with van der Waals surface area (Å²) in [5.41, 5.74) is -1.08. The van der Waals surface area contributed by atoms with Crippen LogP contribution in [0.5, 0.6) is 11.5 Å². The summed E-state index contributed by atoms with van der Waals surface area (Å²) < 4.78 is 38.8. The Morgan fingerprint density at radius 1 is 0.850 bits per heavy atom. The zero-order valence-corrected chi connectivity index (χ0v) is 10.4. The van der Waals surface area contributed by atoms with E-state index in [-0.39, 0.29) is 23.7 Å². The molecule has 0 radical (unpaired) electrons. The predicted octanol–water partition coefficient (Wildman–Crippen LogP) is 2.79. The van der Waals surface area contributed by atoms with Gasteiger partial charge in [-0.15, -0.1) is 0 Å². The van der Waals surface area contributed by atoms with E-state index in [1.165, 1.54) is 0 Å². The second-order valence-electron chi connectivity index (χ2n) is 4.86. The van der Waals surface area contributed by atoms with Gasteiger partial charge in [0.05, 0.1) is 0 Å². The molecule has 2 atom stereocenters. The van der Waals surface area contributed by atoms with Crippen LogP contribution in [0.25, 0.3) is 0 Å². The number of fused-ring (bicyclic) bond motifs is 2. The Hall–Kier alpha value is -2.34. The lowest BCUT2D eigenvalue weighted by atomic mass is 9.93. The van der Waals surface area contributed by atoms with Crippen molar-refractivity contribution in [3.63, 3.8) is 0 Å². The van der Waals surface area contributed by atoms with Gasteiger partial charge < -0.3 is 9.47 Å². The van der Waals surface area contributed by atoms with E-state index in [0.29, 0.717) is 0 Å². The first-order valence-corrected chi connectivity index (χ1v) is 6.35. The van der Waals surface area contributed by atoms with E-state index in [9.17, 15) is 8.78 Å². The molecule has 1 aliphatic heterocycles. The molecule has 1 saturated carbocycles. The van der Waals surface area contributed by atoms with E-state index in [1.807, 2.05) is 0 Å². The summed E-state index contributed by atoms with van der Waals surface area (Å²) in [6.45, 7) is 0. The van der Waals surface area contributed by atoms with Crippen LogP contribution >= 0.6 is 0 Å². The maximum Gasteiger partial charge on any atom is 0.184 e. The Morgan fingerprint density at radius 2 is 1.25 bits per heavy atom. The molecule has 0 unspecified atom stereocenters. The molecule has 0 bridgehead atoms. The summed E-state index contributed by atoms with van der Waals surface area (Å²) in [6, 6.07) is 3.16. The Labute approximate surface area is 114 Å². The molecular weight excluding hydrogens is 266 g/mol. The third kappa shape index (κ3) is 1.69. The standard InChI is InChI=1S/C14H10F2N2O2/c15-11-7(5-17)13-14(8(6-18)12(11)16)20-10-4-2-1-3-9(10)19-13/h9-10H,1-4H2/t9-,10-/m0/s1. The van der Waals surface area contributed by atoms with Crippen LogP contribution in [0, 0.1) is 34.3 Å². The summed E-state index contributed by atoms with van der Waals surface area (Å²) >= 11 is 0. The van der Waals surface area contributed by atoms with Gasteiger partial charge in [-0.25, -0.2) is 8.78 Å². The number of nitriles is 2. The molecule has 4 nitrogen and oxygen atoms in total.